The van der Waals surface area contributed by atoms with Crippen molar-refractivity contribution < 1.29 is 28.6 Å². The molecule has 0 radical (unpaired) electrons. The number of furan rings is 1. The average Bonchev–Trinajstić information content (AvgIpc) is 3.25. The lowest BCUT2D eigenvalue weighted by Gasteiger charge is -2.06. The summed E-state index contributed by atoms with van der Waals surface area (Å²) in [6, 6.07) is 15.8. The molecule has 3 aromatic rings. The number of hydrogen-bond donors (Lipinski definition) is 2. The van der Waals surface area contributed by atoms with Gasteiger partial charge in [0.25, 0.3) is 5.91 Å². The van der Waals surface area contributed by atoms with Crippen LogP contribution < -0.4 is 5.32 Å². The SMILES string of the molecule is COC(=O)c1ccc(C)c(-c2ccc(/C=C(/C#N)C(=O)Nc3cccc(C(=O)O)c3)o2)c1. The first-order chi connectivity index (χ1) is 15.3. The zero-order valence-corrected chi connectivity index (χ0v) is 17.2. The van der Waals surface area contributed by atoms with E-state index in [1.165, 1.54) is 37.5 Å². The normalized spacial score (nSPS) is 10.8. The van der Waals surface area contributed by atoms with Gasteiger partial charge in [0.2, 0.25) is 0 Å². The van der Waals surface area contributed by atoms with Crippen LogP contribution in [-0.2, 0) is 9.53 Å². The van der Waals surface area contributed by atoms with Gasteiger partial charge in [-0.1, -0.05) is 12.1 Å². The van der Waals surface area contributed by atoms with E-state index in [2.05, 4.69) is 5.32 Å². The number of carbonyl (C=O) groups excluding carboxylic acids is 2. The van der Waals surface area contributed by atoms with Crippen LogP contribution in [0.25, 0.3) is 17.4 Å². The van der Waals surface area contributed by atoms with E-state index < -0.39 is 17.8 Å². The summed E-state index contributed by atoms with van der Waals surface area (Å²) in [5, 5.41) is 21.0. The topological polar surface area (TPSA) is 130 Å². The summed E-state index contributed by atoms with van der Waals surface area (Å²) < 4.78 is 10.5. The first kappa shape index (κ1) is 22.1. The molecule has 160 valence electrons. The molecule has 0 atom stereocenters. The van der Waals surface area contributed by atoms with Gasteiger partial charge in [-0.05, 0) is 55.0 Å². The largest absolute Gasteiger partial charge is 0.478 e. The molecule has 8 heteroatoms. The van der Waals surface area contributed by atoms with Crippen molar-refractivity contribution in [1.82, 2.24) is 0 Å². The van der Waals surface area contributed by atoms with Crippen molar-refractivity contribution in [3.63, 3.8) is 0 Å². The molecule has 3 rings (SSSR count). The standard InChI is InChI=1S/C24H18N2O6/c1-14-6-7-16(24(30)31-2)12-20(14)21-9-8-19(32-21)11-17(13-25)22(27)26-18-5-3-4-15(10-18)23(28)29/h3-12H,1-2H3,(H,26,27)(H,28,29)/b17-11-. The Balaban J connectivity index is 1.85. The fraction of sp³-hybridized carbons (Fsp3) is 0.0833. The van der Waals surface area contributed by atoms with Crippen LogP contribution >= 0.6 is 0 Å². The average molecular weight is 430 g/mol. The summed E-state index contributed by atoms with van der Waals surface area (Å²) in [5.41, 5.74) is 1.91. The fourth-order valence-electron chi connectivity index (χ4n) is 2.93. The number of nitriles is 1. The Hall–Kier alpha value is -4.64. The zero-order valence-electron chi connectivity index (χ0n) is 17.2. The van der Waals surface area contributed by atoms with Crippen LogP contribution in [0, 0.1) is 18.3 Å². The summed E-state index contributed by atoms with van der Waals surface area (Å²) in [4.78, 5) is 35.4. The molecule has 0 spiro atoms. The van der Waals surface area contributed by atoms with E-state index in [0.717, 1.165) is 5.56 Å². The second kappa shape index (κ2) is 9.45. The van der Waals surface area contributed by atoms with Crippen LogP contribution in [0.1, 0.15) is 32.0 Å². The second-order valence-electron chi connectivity index (χ2n) is 6.73. The molecule has 0 aliphatic rings. The van der Waals surface area contributed by atoms with Crippen LogP contribution in [0.15, 0.2) is 64.6 Å². The van der Waals surface area contributed by atoms with E-state index >= 15 is 0 Å². The Kier molecular flexibility index (Phi) is 6.51. The summed E-state index contributed by atoms with van der Waals surface area (Å²) in [6.07, 6.45) is 1.28. The number of amides is 1. The first-order valence-corrected chi connectivity index (χ1v) is 9.38. The molecule has 0 aliphatic heterocycles. The summed E-state index contributed by atoms with van der Waals surface area (Å²) in [6.45, 7) is 1.85. The number of nitrogens with one attached hydrogen (secondary N) is 1. The number of carboxylic acid groups (broad SMARTS) is 1. The number of carboxylic acids is 1. The predicted octanol–water partition coefficient (Wildman–Crippen LogP) is 4.29. The Morgan fingerprint density at radius 3 is 2.56 bits per heavy atom. The van der Waals surface area contributed by atoms with Gasteiger partial charge in [0.1, 0.15) is 23.2 Å². The zero-order chi connectivity index (χ0) is 23.3. The molecule has 8 nitrogen and oxygen atoms in total. The second-order valence-corrected chi connectivity index (χ2v) is 6.73. The third-order valence-corrected chi connectivity index (χ3v) is 4.57. The van der Waals surface area contributed by atoms with Crippen molar-refractivity contribution >= 4 is 29.6 Å². The quantitative estimate of drug-likeness (QED) is 0.339. The molecule has 0 saturated heterocycles. The minimum absolute atomic E-state index is 0.00511. The third kappa shape index (κ3) is 4.91. The van der Waals surface area contributed by atoms with E-state index in [1.807, 2.05) is 13.0 Å². The highest BCUT2D eigenvalue weighted by molar-refractivity contribution is 6.09. The highest BCUT2D eigenvalue weighted by Gasteiger charge is 2.15. The third-order valence-electron chi connectivity index (χ3n) is 4.57. The van der Waals surface area contributed by atoms with Gasteiger partial charge in [-0.25, -0.2) is 9.59 Å². The number of ether oxygens (including phenoxy) is 1. The van der Waals surface area contributed by atoms with Crippen LogP contribution in [0.5, 0.6) is 0 Å². The van der Waals surface area contributed by atoms with Crippen molar-refractivity contribution in [3.05, 3.63) is 82.6 Å². The highest BCUT2D eigenvalue weighted by Crippen LogP contribution is 2.28. The summed E-state index contributed by atoms with van der Waals surface area (Å²) in [7, 11) is 1.30. The Bertz CT molecular complexity index is 1280. The van der Waals surface area contributed by atoms with Crippen LogP contribution in [0.3, 0.4) is 0 Å². The molecule has 0 unspecified atom stereocenters. The highest BCUT2D eigenvalue weighted by atomic mass is 16.5. The molecule has 1 aromatic heterocycles. The number of benzene rings is 2. The molecule has 0 bridgehead atoms. The minimum Gasteiger partial charge on any atom is -0.478 e. The van der Waals surface area contributed by atoms with Crippen molar-refractivity contribution in [2.45, 2.75) is 6.92 Å². The van der Waals surface area contributed by atoms with Gasteiger partial charge in [-0.2, -0.15) is 5.26 Å². The number of nitrogens with zero attached hydrogens (tertiary/aromatic N) is 1. The van der Waals surface area contributed by atoms with Crippen molar-refractivity contribution in [2.75, 3.05) is 12.4 Å². The number of hydrogen-bond acceptors (Lipinski definition) is 6. The summed E-state index contributed by atoms with van der Waals surface area (Å²) in [5.74, 6) is -1.61. The molecule has 1 amide bonds. The number of esters is 1. The molecule has 32 heavy (non-hydrogen) atoms. The lowest BCUT2D eigenvalue weighted by Crippen LogP contribution is -2.13. The molecule has 1 heterocycles. The molecule has 0 saturated carbocycles. The van der Waals surface area contributed by atoms with Crippen LogP contribution in [0.4, 0.5) is 5.69 Å². The van der Waals surface area contributed by atoms with Gasteiger partial charge in [0.15, 0.2) is 0 Å². The molecule has 0 aliphatic carbocycles. The molecular weight excluding hydrogens is 412 g/mol. The maximum Gasteiger partial charge on any atom is 0.337 e. The molecule has 2 N–H and O–H groups in total. The van der Waals surface area contributed by atoms with Crippen LogP contribution in [0.2, 0.25) is 0 Å². The van der Waals surface area contributed by atoms with Gasteiger partial charge in [-0.15, -0.1) is 0 Å². The van der Waals surface area contributed by atoms with E-state index in [-0.39, 0.29) is 22.6 Å². The maximum absolute atomic E-state index is 12.5. The maximum atomic E-state index is 12.5. The molecule has 0 fully saturated rings. The van der Waals surface area contributed by atoms with Crippen molar-refractivity contribution in [1.29, 1.82) is 5.26 Å². The monoisotopic (exact) mass is 430 g/mol. The first-order valence-electron chi connectivity index (χ1n) is 9.38. The van der Waals surface area contributed by atoms with Gasteiger partial charge >= 0.3 is 11.9 Å². The van der Waals surface area contributed by atoms with E-state index in [4.69, 9.17) is 14.3 Å². The summed E-state index contributed by atoms with van der Waals surface area (Å²) >= 11 is 0. The number of aromatic carboxylic acids is 1. The Labute approximate surface area is 183 Å². The van der Waals surface area contributed by atoms with Gasteiger partial charge in [0, 0.05) is 17.3 Å². The minimum atomic E-state index is -1.13. The Morgan fingerprint density at radius 1 is 1.09 bits per heavy atom. The van der Waals surface area contributed by atoms with Crippen LogP contribution in [-0.4, -0.2) is 30.1 Å². The van der Waals surface area contributed by atoms with E-state index in [1.54, 1.807) is 30.3 Å². The lowest BCUT2D eigenvalue weighted by atomic mass is 10.0. The van der Waals surface area contributed by atoms with Gasteiger partial charge < -0.3 is 19.6 Å². The predicted molar refractivity (Wildman–Crippen MR) is 116 cm³/mol. The number of rotatable bonds is 6. The number of aryl methyl sites for hydroxylation is 1. The lowest BCUT2D eigenvalue weighted by molar-refractivity contribution is -0.112. The van der Waals surface area contributed by atoms with Gasteiger partial charge in [0.05, 0.1) is 18.2 Å². The van der Waals surface area contributed by atoms with E-state index in [9.17, 15) is 19.6 Å². The smallest absolute Gasteiger partial charge is 0.337 e. The Morgan fingerprint density at radius 2 is 1.88 bits per heavy atom. The number of anilines is 1. The van der Waals surface area contributed by atoms with Crippen molar-refractivity contribution in [2.24, 2.45) is 0 Å². The molecule has 2 aromatic carbocycles. The molecular formula is C24H18N2O6. The van der Waals surface area contributed by atoms with Crippen molar-refractivity contribution in [3.8, 4) is 17.4 Å². The van der Waals surface area contributed by atoms with E-state index in [0.29, 0.717) is 16.9 Å². The number of carbonyl (C=O) groups is 3. The fourth-order valence-corrected chi connectivity index (χ4v) is 2.93. The van der Waals surface area contributed by atoms with Gasteiger partial charge in [-0.3, -0.25) is 4.79 Å². The number of methoxy groups -OCH3 is 1.